The van der Waals surface area contributed by atoms with Gasteiger partial charge in [-0.1, -0.05) is 172 Å². The molecular weight excluding hydrogens is 4280 g/mol. The summed E-state index contributed by atoms with van der Waals surface area (Å²) in [5.74, 6) is 10.9. The molecule has 38 heteroatoms. The summed E-state index contributed by atoms with van der Waals surface area (Å²) in [5.41, 5.74) is 14.8. The van der Waals surface area contributed by atoms with Gasteiger partial charge in [-0.25, -0.2) is 9.59 Å². The average Bonchev–Trinajstić information content (AvgIpc) is 1.71. The van der Waals surface area contributed by atoms with Gasteiger partial charge in [-0.3, -0.25) is 24.1 Å². The Balaban J connectivity index is -0.000000138. The van der Waals surface area contributed by atoms with Crippen molar-refractivity contribution in [2.24, 2.45) is 112 Å². The van der Waals surface area contributed by atoms with Gasteiger partial charge in [0.25, 0.3) is 0 Å². The van der Waals surface area contributed by atoms with Gasteiger partial charge in [0.15, 0.2) is 0 Å². The molecule has 19 atom stereocenters. The normalized spacial score (nSPS) is 24.3. The quantitative estimate of drug-likeness (QED) is 0.0670. The van der Waals surface area contributed by atoms with Crippen LogP contribution < -0.4 is 38.1 Å². The zero-order valence-electron chi connectivity index (χ0n) is 86.6. The molecule has 11 N–H and O–H groups in total. The Morgan fingerprint density at radius 3 is 1.14 bits per heavy atom. The van der Waals surface area contributed by atoms with E-state index in [9.17, 15) is 39.0 Å². The number of aromatic hydroxyl groups is 2. The average molecular weight is 4460 g/mol. The molecule has 6 saturated heterocycles. The van der Waals surface area contributed by atoms with Gasteiger partial charge < -0.3 is 82.2 Å². The number of amides is 6. The topological polar surface area (TPSA) is 293 Å². The van der Waals surface area contributed by atoms with E-state index in [4.69, 9.17) is 20.9 Å². The number of phenolic OH excluding ortho intramolecular Hbond substituents is 2. The molecule has 0 aromatic heterocycles. The number of likely N-dealkylation sites (tertiary alicyclic amines) is 5. The Morgan fingerprint density at radius 1 is 0.419 bits per heavy atom. The van der Waals surface area contributed by atoms with Gasteiger partial charge >= 0.3 is 12.2 Å². The Labute approximate surface area is 1040 Å². The molecule has 8 aliphatic rings. The van der Waals surface area contributed by atoms with E-state index < -0.39 is 35.5 Å². The second-order valence-corrected chi connectivity index (χ2v) is 42.1. The maximum Gasteiger partial charge on any atom is 0.411 e. The van der Waals surface area contributed by atoms with Gasteiger partial charge in [-0.2, -0.15) is 0 Å². The van der Waals surface area contributed by atoms with Gasteiger partial charge in [-0.05, 0) is 266 Å². The Morgan fingerprint density at radius 2 is 0.787 bits per heavy atom. The summed E-state index contributed by atoms with van der Waals surface area (Å²) in [7, 11) is 0. The van der Waals surface area contributed by atoms with Crippen molar-refractivity contribution in [3.8, 4) is 11.5 Å². The van der Waals surface area contributed by atoms with Gasteiger partial charge in [0.2, 0.25) is 23.6 Å². The van der Waals surface area contributed by atoms with E-state index in [1.54, 1.807) is 24.3 Å². The number of piperidine rings is 6. The van der Waals surface area contributed by atoms with Crippen molar-refractivity contribution in [2.75, 3.05) is 98.2 Å². The molecule has 2 aromatic rings. The second kappa shape index (κ2) is 82.1. The summed E-state index contributed by atoms with van der Waals surface area (Å²) in [5, 5.41) is 35.6. The molecule has 0 aliphatic carbocycles. The Kier molecular flexibility index (Phi) is 100. The molecule has 10 rings (SSSR count). The van der Waals surface area contributed by atoms with Crippen molar-refractivity contribution in [1.82, 2.24) is 56.0 Å². The molecule has 0 radical (unpaired) electrons. The SMILES string of the molecule is C.CC(C)[C@@H](CN1CC[C@@H](C)[C@@H](C)C1)NC(=O)[C@H]1Cc2ccc(O)cc2CN1.CC(C)[C@@H](CN1CC[C@@H](C)[C@@H](C)C1)NC(=O)[C@H]1Cc2ccc(O)cc2CN1C(=O)OC(C)(C)C.CC(C)[C@H](N)C(=O)N1CC[C@@H](C)[C@@H](C)C1.CC(C)[C@H](N)CN1CC[C@@H](C)[C@@H](C)C1.CC(C)[C@H](NC(=O)OC(C)(C)C)C(=O)N1CC[C@@H](C)[C@@H](C)C1.C[C@@H]1CCNC[C@@H]1C.[W].[W].[W].[W].[W].[W].[W].[W].[W].[W].[W].[W].[W].[W].[W]. The minimum atomic E-state index is -0.667. The van der Waals surface area contributed by atoms with Crippen LogP contribution in [0.3, 0.4) is 0 Å². The number of alkyl carbamates (subject to hydrolysis) is 1. The number of hydrogen-bond donors (Lipinski definition) is 9. The van der Waals surface area contributed by atoms with Crippen LogP contribution >= 0.6 is 0 Å². The number of nitrogens with one attached hydrogen (secondary N) is 5. The van der Waals surface area contributed by atoms with Crippen LogP contribution in [-0.4, -0.2) is 227 Å². The van der Waals surface area contributed by atoms with Crippen molar-refractivity contribution in [3.63, 3.8) is 0 Å². The third-order valence-corrected chi connectivity index (χ3v) is 27.6. The van der Waals surface area contributed by atoms with Crippen LogP contribution in [0.15, 0.2) is 36.4 Å². The second-order valence-electron chi connectivity index (χ2n) is 42.1. The molecule has 23 nitrogen and oxygen atoms in total. The van der Waals surface area contributed by atoms with Crippen molar-refractivity contribution in [1.29, 1.82) is 0 Å². The van der Waals surface area contributed by atoms with E-state index in [-0.39, 0.29) is 407 Å². The molecule has 0 unspecified atom stereocenters. The van der Waals surface area contributed by atoms with Crippen LogP contribution in [0.2, 0.25) is 0 Å². The summed E-state index contributed by atoms with van der Waals surface area (Å²) in [4.78, 5) is 89.1. The first-order chi connectivity index (χ1) is 55.9. The molecule has 786 valence electrons. The maximum atomic E-state index is 13.6. The van der Waals surface area contributed by atoms with E-state index in [1.807, 2.05) is 91.2 Å². The number of phenols is 2. The number of carbonyl (C=O) groups excluding carboxylic acids is 6. The Bertz CT molecular complexity index is 3490. The number of hydrogen-bond acceptors (Lipinski definition) is 17. The first-order valence-electron chi connectivity index (χ1n) is 46.8. The van der Waals surface area contributed by atoms with E-state index in [0.717, 1.165) is 154 Å². The van der Waals surface area contributed by atoms with Crippen LogP contribution in [-0.2, 0) is 371 Å². The number of ether oxygens (including phenoxy) is 2. The van der Waals surface area contributed by atoms with E-state index >= 15 is 0 Å². The predicted octanol–water partition coefficient (Wildman–Crippen LogP) is 15.0. The maximum absolute atomic E-state index is 13.6. The van der Waals surface area contributed by atoms with E-state index in [1.165, 1.54) is 56.8 Å². The summed E-state index contributed by atoms with van der Waals surface area (Å²) >= 11 is 0. The third-order valence-electron chi connectivity index (χ3n) is 27.6. The molecule has 8 heterocycles. The predicted molar refractivity (Wildman–Crippen MR) is 497 cm³/mol. The van der Waals surface area contributed by atoms with Crippen LogP contribution in [0.5, 0.6) is 11.5 Å². The smallest absolute Gasteiger partial charge is 0.411 e. The monoisotopic (exact) mass is 4460 g/mol. The molecule has 0 spiro atoms. The molecule has 0 bridgehead atoms. The largest absolute Gasteiger partial charge is 0.508 e. The minimum Gasteiger partial charge on any atom is -0.508 e. The fourth-order valence-electron chi connectivity index (χ4n) is 16.7. The number of fused-ring (bicyclic) bond motifs is 2. The van der Waals surface area contributed by atoms with E-state index in [2.05, 4.69) is 166 Å². The van der Waals surface area contributed by atoms with Crippen LogP contribution in [0.1, 0.15) is 262 Å². The molecular formula is C98H179N13O10W15. The fourth-order valence-corrected chi connectivity index (χ4v) is 16.7. The van der Waals surface area contributed by atoms with Crippen LogP contribution in [0.25, 0.3) is 0 Å². The minimum absolute atomic E-state index is 0. The standard InChI is InChI=1S/C27H43N3O4.C22H35N3O2.C17H32N2O3.C12H24N2O.C12H26N2.C7H15N.CH4.15W/c1-17(2)23(16-29-11-10-18(3)19(4)14-29)28-25(32)24-13-20-8-9-22(31)12-21(20)15-30(24)26(33)34-27(5,6)7;1-14(2)21(13-25-8-7-15(3)16(4)12-25)24-22(27)20-10-17-5-6-19(26)9-18(17)11-23-20;1-11(2)14(18-16(21)22-17(5,6)7)15(20)19-9-8-12(3)13(4)10-19;1-8(2)11(13)12(15)14-6-5-9(3)10(4)7-14;1-9(2)12(13)8-14-6-5-10(3)11(4)7-14;1-6-3-4-8-5-7(6)2;;;;;;;;;;;;;;;;/h8-9,12,17-19,23-24,31H,10-11,13-16H2,1-7H3,(H,28,32);5-6,9,14-16,20-21,23,26H,7-8,10-13H2,1-4H3,(H,24,27);11-14H,8-10H2,1-7H3,(H,18,21);8-11H,5-7,13H2,1-4H3;9-12H,5-8,13H2,1-4H3;6-8H,3-5H2,1-2H3;1H4;;;;;;;;;;;;;;;/t18-,19+,23-,24-;15-,16+,20-,21-;12-,13+,14+;9-,10+,11+;10-,11+,12-;6-,7+;;;;;;;;;;;;;;;;/m111111................/s1. The Hall–Kier alpha value is 4.50. The number of nitrogens with two attached hydrogens (primary N) is 2. The summed E-state index contributed by atoms with van der Waals surface area (Å²) < 4.78 is 10.9. The third kappa shape index (κ3) is 59.7. The van der Waals surface area contributed by atoms with Crippen molar-refractivity contribution < 1.29 is 364 Å². The first-order valence-corrected chi connectivity index (χ1v) is 46.8. The first kappa shape index (κ1) is 166. The molecule has 6 amide bonds. The molecule has 2 aromatic carbocycles. The van der Waals surface area contributed by atoms with Crippen molar-refractivity contribution in [2.45, 2.75) is 319 Å². The van der Waals surface area contributed by atoms with Gasteiger partial charge in [0.05, 0.1) is 18.6 Å². The fraction of sp³-hybridized carbons (Fsp3) is 0.816. The molecule has 6 fully saturated rings. The number of carbonyl (C=O) groups is 6. The zero-order valence-corrected chi connectivity index (χ0v) is 131. The number of benzene rings is 2. The van der Waals surface area contributed by atoms with Gasteiger partial charge in [-0.15, -0.1) is 0 Å². The van der Waals surface area contributed by atoms with Crippen LogP contribution in [0.4, 0.5) is 9.59 Å². The molecule has 0 saturated carbocycles. The van der Waals surface area contributed by atoms with E-state index in [0.29, 0.717) is 60.9 Å². The number of nitrogens with zero attached hydrogens (tertiary/aromatic N) is 6. The van der Waals surface area contributed by atoms with Gasteiger partial charge in [0.1, 0.15) is 34.8 Å². The molecule has 8 aliphatic heterocycles. The van der Waals surface area contributed by atoms with Crippen LogP contribution in [0, 0.1) is 101 Å². The number of rotatable bonds is 18. The van der Waals surface area contributed by atoms with Crippen molar-refractivity contribution in [3.05, 3.63) is 58.7 Å². The molecule has 136 heavy (non-hydrogen) atoms. The zero-order chi connectivity index (χ0) is 90.1. The summed E-state index contributed by atoms with van der Waals surface area (Å²) in [6.45, 7) is 75.6. The summed E-state index contributed by atoms with van der Waals surface area (Å²) in [6.07, 6.45) is 7.27. The summed E-state index contributed by atoms with van der Waals surface area (Å²) in [6, 6.07) is 9.34. The van der Waals surface area contributed by atoms with Crippen molar-refractivity contribution >= 4 is 35.8 Å². The van der Waals surface area contributed by atoms with Gasteiger partial charge in [0, 0.05) is 413 Å².